The molecule has 0 aliphatic heterocycles. The molecule has 0 aromatic heterocycles. The molecular weight excluding hydrogens is 202 g/mol. The summed E-state index contributed by atoms with van der Waals surface area (Å²) < 4.78 is 0. The number of rotatable bonds is 2. The van der Waals surface area contributed by atoms with Crippen LogP contribution in [0.1, 0.15) is 36.0 Å². The van der Waals surface area contributed by atoms with Crippen LogP contribution >= 0.6 is 11.8 Å². The Bertz CT molecular complexity index is 380. The van der Waals surface area contributed by atoms with E-state index in [-0.39, 0.29) is 5.54 Å². The predicted molar refractivity (Wildman–Crippen MR) is 67.4 cm³/mol. The highest BCUT2D eigenvalue weighted by Gasteiger charge is 2.36. The highest BCUT2D eigenvalue weighted by Crippen LogP contribution is 2.43. The fourth-order valence-corrected chi connectivity index (χ4v) is 2.95. The molecule has 0 atom stereocenters. The Morgan fingerprint density at radius 2 is 1.80 bits per heavy atom. The first-order chi connectivity index (χ1) is 7.07. The van der Waals surface area contributed by atoms with Crippen LogP contribution in [0.2, 0.25) is 0 Å². The highest BCUT2D eigenvalue weighted by atomic mass is 32.2. The first kappa shape index (κ1) is 11.0. The van der Waals surface area contributed by atoms with Gasteiger partial charge in [-0.25, -0.2) is 0 Å². The summed E-state index contributed by atoms with van der Waals surface area (Å²) in [6.45, 7) is 4.34. The Balaban J connectivity index is 2.49. The molecule has 0 radical (unpaired) electrons. The smallest absolute Gasteiger partial charge is 0.0420 e. The maximum Gasteiger partial charge on any atom is 0.0420 e. The van der Waals surface area contributed by atoms with Gasteiger partial charge in [-0.2, -0.15) is 0 Å². The van der Waals surface area contributed by atoms with Crippen LogP contribution in [0.4, 0.5) is 0 Å². The monoisotopic (exact) mass is 221 g/mol. The van der Waals surface area contributed by atoms with E-state index < -0.39 is 0 Å². The van der Waals surface area contributed by atoms with Gasteiger partial charge in [0, 0.05) is 10.4 Å². The first-order valence-electron chi connectivity index (χ1n) is 5.51. The molecule has 0 amide bonds. The molecule has 1 aliphatic rings. The van der Waals surface area contributed by atoms with Gasteiger partial charge in [0.05, 0.1) is 0 Å². The van der Waals surface area contributed by atoms with Crippen molar-refractivity contribution >= 4 is 11.8 Å². The van der Waals surface area contributed by atoms with Gasteiger partial charge in [-0.05, 0) is 62.1 Å². The zero-order chi connectivity index (χ0) is 11.1. The Labute approximate surface area is 96.4 Å². The van der Waals surface area contributed by atoms with Gasteiger partial charge in [0.1, 0.15) is 0 Å². The van der Waals surface area contributed by atoms with Gasteiger partial charge in [0.25, 0.3) is 0 Å². The molecule has 2 heteroatoms. The summed E-state index contributed by atoms with van der Waals surface area (Å²) >= 11 is 1.81. The third-order valence-corrected chi connectivity index (χ3v) is 4.38. The maximum atomic E-state index is 6.41. The van der Waals surface area contributed by atoms with Gasteiger partial charge in [0.15, 0.2) is 0 Å². The molecule has 15 heavy (non-hydrogen) atoms. The molecule has 0 saturated heterocycles. The molecular formula is C13H19NS. The van der Waals surface area contributed by atoms with Crippen LogP contribution < -0.4 is 5.73 Å². The molecule has 0 heterocycles. The third kappa shape index (κ3) is 1.81. The van der Waals surface area contributed by atoms with E-state index in [0.717, 1.165) is 12.8 Å². The Morgan fingerprint density at radius 1 is 1.20 bits per heavy atom. The lowest BCUT2D eigenvalue weighted by molar-refractivity contribution is 0.249. The lowest BCUT2D eigenvalue weighted by atomic mass is 9.72. The molecule has 82 valence electrons. The van der Waals surface area contributed by atoms with Gasteiger partial charge < -0.3 is 5.73 Å². The van der Waals surface area contributed by atoms with E-state index in [2.05, 4.69) is 32.2 Å². The van der Waals surface area contributed by atoms with Crippen LogP contribution in [0.15, 0.2) is 17.0 Å². The third-order valence-electron chi connectivity index (χ3n) is 3.60. The van der Waals surface area contributed by atoms with E-state index in [1.54, 1.807) is 0 Å². The fraction of sp³-hybridized carbons (Fsp3) is 0.538. The predicted octanol–water partition coefficient (Wildman–Crippen LogP) is 3.36. The summed E-state index contributed by atoms with van der Waals surface area (Å²) in [5, 5.41) is 0. The Morgan fingerprint density at radius 3 is 2.27 bits per heavy atom. The molecule has 0 bridgehead atoms. The second kappa shape index (κ2) is 3.84. The number of hydrogen-bond donors (Lipinski definition) is 1. The molecule has 0 spiro atoms. The van der Waals surface area contributed by atoms with Crippen molar-refractivity contribution in [2.75, 3.05) is 6.26 Å². The summed E-state index contributed by atoms with van der Waals surface area (Å²) in [7, 11) is 0. The summed E-state index contributed by atoms with van der Waals surface area (Å²) in [5.74, 6) is 0. The van der Waals surface area contributed by atoms with Crippen LogP contribution in [-0.2, 0) is 5.54 Å². The average Bonchev–Trinajstić information content (AvgIpc) is 2.18. The molecule has 1 aromatic carbocycles. The molecule has 1 saturated carbocycles. The zero-order valence-electron chi connectivity index (χ0n) is 9.76. The van der Waals surface area contributed by atoms with E-state index >= 15 is 0 Å². The largest absolute Gasteiger partial charge is 0.321 e. The van der Waals surface area contributed by atoms with Crippen LogP contribution in [0.5, 0.6) is 0 Å². The highest BCUT2D eigenvalue weighted by molar-refractivity contribution is 7.98. The van der Waals surface area contributed by atoms with E-state index in [0.29, 0.717) is 0 Å². The van der Waals surface area contributed by atoms with Crippen molar-refractivity contribution in [3.05, 3.63) is 28.8 Å². The lowest BCUT2D eigenvalue weighted by Crippen LogP contribution is -2.43. The second-order valence-electron chi connectivity index (χ2n) is 4.65. The fourth-order valence-electron chi connectivity index (χ4n) is 2.17. The van der Waals surface area contributed by atoms with Crippen LogP contribution in [0.3, 0.4) is 0 Å². The number of aryl methyl sites for hydroxylation is 2. The van der Waals surface area contributed by atoms with Gasteiger partial charge in [0.2, 0.25) is 0 Å². The van der Waals surface area contributed by atoms with Gasteiger partial charge >= 0.3 is 0 Å². The normalized spacial score (nSPS) is 18.7. The first-order valence-corrected chi connectivity index (χ1v) is 6.74. The number of thioether (sulfide) groups is 1. The van der Waals surface area contributed by atoms with Crippen molar-refractivity contribution in [2.24, 2.45) is 5.73 Å². The van der Waals surface area contributed by atoms with E-state index in [1.165, 1.54) is 28.0 Å². The molecule has 2 rings (SSSR count). The molecule has 1 fully saturated rings. The molecule has 0 unspecified atom stereocenters. The zero-order valence-corrected chi connectivity index (χ0v) is 10.6. The number of hydrogen-bond acceptors (Lipinski definition) is 2. The Kier molecular flexibility index (Phi) is 2.82. The minimum absolute atomic E-state index is 0.0309. The van der Waals surface area contributed by atoms with Crippen molar-refractivity contribution in [3.8, 4) is 0 Å². The van der Waals surface area contributed by atoms with Crippen molar-refractivity contribution < 1.29 is 0 Å². The minimum atomic E-state index is -0.0309. The molecule has 2 N–H and O–H groups in total. The Hall–Kier alpha value is -0.470. The standard InChI is InChI=1S/C13H19NS/c1-9-7-11(13(14)5-4-6-13)12(15-3)8-10(9)2/h7-8H,4-6,14H2,1-3H3. The van der Waals surface area contributed by atoms with Crippen molar-refractivity contribution in [3.63, 3.8) is 0 Å². The summed E-state index contributed by atoms with van der Waals surface area (Å²) in [4.78, 5) is 1.36. The average molecular weight is 221 g/mol. The van der Waals surface area contributed by atoms with Gasteiger partial charge in [-0.15, -0.1) is 11.8 Å². The van der Waals surface area contributed by atoms with Crippen LogP contribution in [-0.4, -0.2) is 6.26 Å². The van der Waals surface area contributed by atoms with E-state index in [9.17, 15) is 0 Å². The lowest BCUT2D eigenvalue weighted by Gasteiger charge is -2.40. The number of nitrogens with two attached hydrogens (primary N) is 1. The molecule has 1 nitrogen and oxygen atoms in total. The van der Waals surface area contributed by atoms with Crippen molar-refractivity contribution in [1.29, 1.82) is 0 Å². The van der Waals surface area contributed by atoms with E-state index in [1.807, 2.05) is 11.8 Å². The summed E-state index contributed by atoms with van der Waals surface area (Å²) in [5.41, 5.74) is 10.5. The number of benzene rings is 1. The van der Waals surface area contributed by atoms with Crippen molar-refractivity contribution in [2.45, 2.75) is 43.5 Å². The van der Waals surface area contributed by atoms with Crippen molar-refractivity contribution in [1.82, 2.24) is 0 Å². The SMILES string of the molecule is CSc1cc(C)c(C)cc1C1(N)CCC1. The topological polar surface area (TPSA) is 26.0 Å². The minimum Gasteiger partial charge on any atom is -0.321 e. The maximum absolute atomic E-state index is 6.41. The summed E-state index contributed by atoms with van der Waals surface area (Å²) in [6, 6.07) is 4.57. The van der Waals surface area contributed by atoms with Crippen LogP contribution in [0, 0.1) is 13.8 Å². The van der Waals surface area contributed by atoms with E-state index in [4.69, 9.17) is 5.73 Å². The van der Waals surface area contributed by atoms with Crippen LogP contribution in [0.25, 0.3) is 0 Å². The van der Waals surface area contributed by atoms with Gasteiger partial charge in [-0.3, -0.25) is 0 Å². The molecule has 1 aliphatic carbocycles. The second-order valence-corrected chi connectivity index (χ2v) is 5.49. The summed E-state index contributed by atoms with van der Waals surface area (Å²) in [6.07, 6.45) is 5.69. The molecule has 1 aromatic rings. The van der Waals surface area contributed by atoms with Gasteiger partial charge in [-0.1, -0.05) is 6.07 Å². The quantitative estimate of drug-likeness (QED) is 0.775.